The van der Waals surface area contributed by atoms with Crippen molar-refractivity contribution in [2.24, 2.45) is 0 Å². The molecule has 2 unspecified atom stereocenters. The summed E-state index contributed by atoms with van der Waals surface area (Å²) in [5, 5.41) is 1.02. The summed E-state index contributed by atoms with van der Waals surface area (Å²) >= 11 is 0. The quantitative estimate of drug-likeness (QED) is 0.324. The first-order chi connectivity index (χ1) is 14.2. The van der Waals surface area contributed by atoms with E-state index in [-0.39, 0.29) is 21.6 Å². The maximum atomic E-state index is 12.7. The summed E-state index contributed by atoms with van der Waals surface area (Å²) in [5.41, 5.74) is 2.94. The van der Waals surface area contributed by atoms with E-state index in [1.165, 1.54) is 10.3 Å². The van der Waals surface area contributed by atoms with E-state index in [0.717, 1.165) is 16.8 Å². The Hall–Kier alpha value is -3.24. The third-order valence-corrected chi connectivity index (χ3v) is 6.92. The van der Waals surface area contributed by atoms with Crippen LogP contribution >= 0.6 is 10.5 Å². The molecule has 0 aliphatic carbocycles. The van der Waals surface area contributed by atoms with Crippen molar-refractivity contribution in [2.75, 3.05) is 11.9 Å². The first-order valence-corrected chi connectivity index (χ1v) is 10.9. The van der Waals surface area contributed by atoms with Gasteiger partial charge in [-0.3, -0.25) is 9.78 Å². The van der Waals surface area contributed by atoms with Crippen molar-refractivity contribution in [1.82, 2.24) is 4.98 Å². The molecule has 0 spiro atoms. The third kappa shape index (κ3) is 3.84. The van der Waals surface area contributed by atoms with Crippen LogP contribution in [0.4, 0.5) is 5.69 Å². The predicted molar refractivity (Wildman–Crippen MR) is 124 cm³/mol. The van der Waals surface area contributed by atoms with Crippen molar-refractivity contribution in [2.45, 2.75) is 10.3 Å². The first-order valence-electron chi connectivity index (χ1n) is 9.40. The first kappa shape index (κ1) is 19.1. The number of fused-ring (bicyclic) bond motifs is 2. The van der Waals surface area contributed by atoms with Crippen LogP contribution in [0.3, 0.4) is 0 Å². The molecule has 2 heterocycles. The van der Waals surface area contributed by atoms with E-state index < -0.39 is 0 Å². The molecule has 2 atom stereocenters. The molecule has 3 aromatic carbocycles. The van der Waals surface area contributed by atoms with Crippen molar-refractivity contribution >= 4 is 38.7 Å². The average Bonchev–Trinajstić information content (AvgIpc) is 3.05. The molecule has 144 valence electrons. The van der Waals surface area contributed by atoms with Gasteiger partial charge < -0.3 is 4.90 Å². The molecule has 0 amide bonds. The van der Waals surface area contributed by atoms with E-state index in [0.29, 0.717) is 0 Å². The number of rotatable bonds is 2. The molecule has 1 aliphatic heterocycles. The fraction of sp³-hybridized carbons (Fsp3) is 0.0800. The maximum Gasteiger partial charge on any atom is 0.195 e. The number of pyridine rings is 1. The average molecular weight is 399 g/mol. The van der Waals surface area contributed by atoms with Crippen LogP contribution < -0.4 is 4.90 Å². The van der Waals surface area contributed by atoms with Gasteiger partial charge in [-0.15, -0.1) is 10.5 Å². The molecule has 0 bridgehead atoms. The lowest BCUT2D eigenvalue weighted by Gasteiger charge is -2.21. The number of likely N-dealkylation sites (N-methyl/N-ethyl adjacent to an activating group) is 1. The number of nitrogens with zero attached hydrogens (tertiary/aromatic N) is 2. The highest BCUT2D eigenvalue weighted by Gasteiger charge is 2.34. The van der Waals surface area contributed by atoms with Crippen molar-refractivity contribution in [1.29, 1.82) is 0 Å². The molecule has 0 saturated heterocycles. The molecule has 0 fully saturated rings. The normalized spacial score (nSPS) is 17.3. The van der Waals surface area contributed by atoms with Crippen LogP contribution in [0.15, 0.2) is 102 Å². The van der Waals surface area contributed by atoms with Gasteiger partial charge >= 0.3 is 0 Å². The summed E-state index contributed by atoms with van der Waals surface area (Å²) in [5.74, 6) is 4.37. The van der Waals surface area contributed by atoms with Gasteiger partial charge in [0.05, 0.1) is 11.2 Å². The van der Waals surface area contributed by atoms with E-state index in [1.807, 2.05) is 80.0 Å². The molecule has 0 saturated carbocycles. The van der Waals surface area contributed by atoms with Gasteiger partial charge in [0.25, 0.3) is 0 Å². The van der Waals surface area contributed by atoms with Gasteiger partial charge in [-0.25, -0.2) is 0 Å². The zero-order chi connectivity index (χ0) is 20.2. The Morgan fingerprint density at radius 2 is 1.55 bits per heavy atom. The Bertz CT molecular complexity index is 1110. The zero-order valence-electron chi connectivity index (χ0n) is 16.2. The number of carbonyl (C=O) groups excluding carboxylic acids is 1. The molecule has 5 rings (SSSR count). The molecule has 4 aromatic rings. The Labute approximate surface area is 173 Å². The molecule has 0 radical (unpaired) electrons. The number of hydrogen-bond donors (Lipinski definition) is 0. The smallest absolute Gasteiger partial charge is 0.195 e. The van der Waals surface area contributed by atoms with Gasteiger partial charge in [0.15, 0.2) is 5.78 Å². The van der Waals surface area contributed by atoms with Gasteiger partial charge in [-0.2, -0.15) is 0 Å². The summed E-state index contributed by atoms with van der Waals surface area (Å²) < 4.78 is 0. The second-order valence-corrected chi connectivity index (χ2v) is 8.53. The van der Waals surface area contributed by atoms with Crippen molar-refractivity contribution in [3.8, 4) is 0 Å². The highest BCUT2D eigenvalue weighted by Crippen LogP contribution is 2.47. The summed E-state index contributed by atoms with van der Waals surface area (Å²) in [7, 11) is 1.65. The van der Waals surface area contributed by atoms with Gasteiger partial charge in [0, 0.05) is 29.1 Å². The molecule has 4 heteroatoms. The van der Waals surface area contributed by atoms with Crippen LogP contribution in [-0.2, 0) is 0 Å². The standard InChI is InChI=1S/C16H15NOS.C9H7N/c1-17-13-10-6-7-11-14(13)19(2)16(17)15(18)12-8-4-3-5-9-12;1-2-6-9-8(4-1)5-3-7-10-9/h3-11,16H,2H2,1H3;1-7H. The predicted octanol–water partition coefficient (Wildman–Crippen LogP) is 5.64. The van der Waals surface area contributed by atoms with Gasteiger partial charge in [0.2, 0.25) is 0 Å². The summed E-state index contributed by atoms with van der Waals surface area (Å²) in [6, 6.07) is 29.7. The zero-order valence-corrected chi connectivity index (χ0v) is 17.0. The van der Waals surface area contributed by atoms with Crippen LogP contribution in [0, 0.1) is 0 Å². The maximum absolute atomic E-state index is 12.7. The summed E-state index contributed by atoms with van der Waals surface area (Å²) in [4.78, 5) is 20.1. The number of hydrogen-bond acceptors (Lipinski definition) is 3. The second-order valence-electron chi connectivity index (χ2n) is 6.79. The topological polar surface area (TPSA) is 33.2 Å². The van der Waals surface area contributed by atoms with E-state index in [9.17, 15) is 4.79 Å². The lowest BCUT2D eigenvalue weighted by molar-refractivity contribution is 0.0990. The molecule has 0 N–H and O–H groups in total. The molecule has 29 heavy (non-hydrogen) atoms. The van der Waals surface area contributed by atoms with E-state index in [4.69, 9.17) is 0 Å². The van der Waals surface area contributed by atoms with Crippen LogP contribution in [0.2, 0.25) is 0 Å². The van der Waals surface area contributed by atoms with Crippen LogP contribution in [0.1, 0.15) is 10.4 Å². The molecule has 3 nitrogen and oxygen atoms in total. The monoisotopic (exact) mass is 398 g/mol. The minimum Gasteiger partial charge on any atom is -0.355 e. The van der Waals surface area contributed by atoms with Gasteiger partial charge in [-0.1, -0.05) is 72.6 Å². The van der Waals surface area contributed by atoms with Crippen molar-refractivity contribution in [3.05, 3.63) is 103 Å². The number of aromatic nitrogens is 1. The Balaban J connectivity index is 0.000000171. The highest BCUT2D eigenvalue weighted by atomic mass is 32.2. The molecule has 1 aliphatic rings. The largest absolute Gasteiger partial charge is 0.355 e. The Morgan fingerprint density at radius 3 is 2.31 bits per heavy atom. The number of para-hydroxylation sites is 2. The summed E-state index contributed by atoms with van der Waals surface area (Å²) in [6.45, 7) is 0. The minimum atomic E-state index is -0.320. The molecular formula is C25H22N2OS. The lowest BCUT2D eigenvalue weighted by atomic mass is 10.1. The van der Waals surface area contributed by atoms with Crippen LogP contribution in [0.5, 0.6) is 0 Å². The van der Waals surface area contributed by atoms with Crippen LogP contribution in [-0.4, -0.2) is 29.1 Å². The Kier molecular flexibility index (Phi) is 5.54. The minimum absolute atomic E-state index is 0.151. The SMILES string of the molecule is C=S1c2ccccc2N(C)C1C(=O)c1ccccc1.c1ccc2ncccc2c1. The highest BCUT2D eigenvalue weighted by molar-refractivity contribution is 8.15. The second kappa shape index (κ2) is 8.41. The number of Topliss-reactive ketones (excluding diaryl/α,β-unsaturated/α-hetero) is 1. The fourth-order valence-electron chi connectivity index (χ4n) is 3.47. The van der Waals surface area contributed by atoms with E-state index in [2.05, 4.69) is 40.0 Å². The number of benzene rings is 3. The lowest BCUT2D eigenvalue weighted by Crippen LogP contribution is -2.33. The molecule has 1 aromatic heterocycles. The van der Waals surface area contributed by atoms with Crippen LogP contribution in [0.25, 0.3) is 10.9 Å². The van der Waals surface area contributed by atoms with Crippen molar-refractivity contribution in [3.63, 3.8) is 0 Å². The Morgan fingerprint density at radius 1 is 0.897 bits per heavy atom. The van der Waals surface area contributed by atoms with E-state index in [1.54, 1.807) is 0 Å². The molecular weight excluding hydrogens is 376 g/mol. The van der Waals surface area contributed by atoms with Crippen molar-refractivity contribution < 1.29 is 4.79 Å². The number of carbonyl (C=O) groups is 1. The number of anilines is 1. The van der Waals surface area contributed by atoms with Gasteiger partial charge in [0.1, 0.15) is 5.37 Å². The number of ketones is 1. The van der Waals surface area contributed by atoms with Gasteiger partial charge in [-0.05, 0) is 24.3 Å². The fourth-order valence-corrected chi connectivity index (χ4v) is 5.34. The third-order valence-electron chi connectivity index (χ3n) is 4.94. The van der Waals surface area contributed by atoms with E-state index >= 15 is 0 Å². The summed E-state index contributed by atoms with van der Waals surface area (Å²) in [6.07, 6.45) is 1.81.